The first-order chi connectivity index (χ1) is 32.5. The van der Waals surface area contributed by atoms with E-state index in [-0.39, 0.29) is 0 Å². The van der Waals surface area contributed by atoms with E-state index in [9.17, 15) is 0 Å². The van der Waals surface area contributed by atoms with Crippen LogP contribution in [0.25, 0.3) is 71.7 Å². The van der Waals surface area contributed by atoms with Gasteiger partial charge in [-0.15, -0.1) is 0 Å². The molecule has 0 atom stereocenters. The fourth-order valence-corrected chi connectivity index (χ4v) is 12.2. The number of hydrogen-bond donors (Lipinski definition) is 0. The predicted molar refractivity (Wildman–Crippen MR) is 272 cm³/mol. The van der Waals surface area contributed by atoms with E-state index in [0.29, 0.717) is 0 Å². The van der Waals surface area contributed by atoms with E-state index < -0.39 is 10.8 Å². The highest BCUT2D eigenvalue weighted by molar-refractivity contribution is 6.09. The summed E-state index contributed by atoms with van der Waals surface area (Å²) in [5, 5.41) is 4.81. The van der Waals surface area contributed by atoms with E-state index in [1.807, 2.05) is 12.1 Å². The second kappa shape index (κ2) is 13.7. The number of para-hydroxylation sites is 3. The quantitative estimate of drug-likeness (QED) is 0.163. The molecular formula is C64H43NO. The lowest BCUT2D eigenvalue weighted by molar-refractivity contribution is 0.669. The van der Waals surface area contributed by atoms with Crippen LogP contribution in [0.15, 0.2) is 229 Å². The molecule has 2 nitrogen and oxygen atoms in total. The van der Waals surface area contributed by atoms with Gasteiger partial charge in [0.1, 0.15) is 11.2 Å². The standard InChI is InChI=1S/C64H43NO/c1-40-21-28-44(29-22-40)63(45-30-23-41(2)24-31-45)53-14-9-16-55-61(53)62-54(63)15-10-17-56(62)64(55,46-32-25-42(26-33-46)43-27-38-60-52(39-43)51-13-5-8-20-59(51)66-60)47-34-36-48(37-35-47)65-57-18-6-3-11-49(57)50-12-4-7-19-58(50)65/h3-39H,1-2H3. The summed E-state index contributed by atoms with van der Waals surface area (Å²) in [6.07, 6.45) is 0. The number of aromatic nitrogens is 1. The molecule has 66 heavy (non-hydrogen) atoms. The van der Waals surface area contributed by atoms with Crippen molar-refractivity contribution in [2.45, 2.75) is 24.7 Å². The Hall–Kier alpha value is -8.20. The highest BCUT2D eigenvalue weighted by atomic mass is 16.3. The van der Waals surface area contributed by atoms with Crippen LogP contribution < -0.4 is 0 Å². The zero-order chi connectivity index (χ0) is 43.7. The number of benzene rings is 10. The normalized spacial score (nSPS) is 14.2. The van der Waals surface area contributed by atoms with Gasteiger partial charge in [-0.3, -0.25) is 0 Å². The maximum atomic E-state index is 6.23. The maximum Gasteiger partial charge on any atom is 0.135 e. The van der Waals surface area contributed by atoms with Gasteiger partial charge in [-0.2, -0.15) is 0 Å². The summed E-state index contributed by atoms with van der Waals surface area (Å²) in [5.41, 5.74) is 22.3. The molecule has 0 spiro atoms. The number of fused-ring (bicyclic) bond motifs is 6. The summed E-state index contributed by atoms with van der Waals surface area (Å²) in [6, 6.07) is 84.2. The van der Waals surface area contributed by atoms with Crippen molar-refractivity contribution < 1.29 is 4.42 Å². The molecule has 2 heteroatoms. The largest absolute Gasteiger partial charge is 0.456 e. The van der Waals surface area contributed by atoms with Crippen molar-refractivity contribution in [3.63, 3.8) is 0 Å². The number of aryl methyl sites for hydroxylation is 2. The van der Waals surface area contributed by atoms with Crippen LogP contribution in [0, 0.1) is 13.8 Å². The molecule has 12 aromatic rings. The SMILES string of the molecule is Cc1ccc(C2(c3ccc(C)cc3)c3cccc4c3-c3c2cccc3C4(c2ccc(-c3ccc4oc5ccccc5c4c3)cc2)c2ccc(-n3c4ccccc4c4ccccc43)cc2)cc1. The van der Waals surface area contributed by atoms with E-state index in [1.165, 1.54) is 99.7 Å². The van der Waals surface area contributed by atoms with Gasteiger partial charge in [-0.1, -0.05) is 193 Å². The van der Waals surface area contributed by atoms with Gasteiger partial charge in [0.05, 0.1) is 21.9 Å². The van der Waals surface area contributed by atoms with Crippen molar-refractivity contribution >= 4 is 43.7 Å². The molecule has 0 radical (unpaired) electrons. The van der Waals surface area contributed by atoms with Crippen molar-refractivity contribution in [1.29, 1.82) is 0 Å². The van der Waals surface area contributed by atoms with Gasteiger partial charge in [0, 0.05) is 27.2 Å². The molecular weight excluding hydrogens is 799 g/mol. The summed E-state index contributed by atoms with van der Waals surface area (Å²) < 4.78 is 8.65. The first kappa shape index (κ1) is 37.2. The van der Waals surface area contributed by atoms with Gasteiger partial charge >= 0.3 is 0 Å². The average Bonchev–Trinajstić information content (AvgIpc) is 4.10. The molecule has 2 aromatic heterocycles. The third-order valence-electron chi connectivity index (χ3n) is 15.1. The van der Waals surface area contributed by atoms with Crippen LogP contribution in [0.3, 0.4) is 0 Å². The Morgan fingerprint density at radius 3 is 1.26 bits per heavy atom. The van der Waals surface area contributed by atoms with Gasteiger partial charge in [0.25, 0.3) is 0 Å². The van der Waals surface area contributed by atoms with Crippen molar-refractivity contribution in [1.82, 2.24) is 4.57 Å². The fraction of sp³-hybridized carbons (Fsp3) is 0.0625. The Kier molecular flexibility index (Phi) is 7.70. The molecule has 0 saturated heterocycles. The predicted octanol–water partition coefficient (Wildman–Crippen LogP) is 16.0. The molecule has 14 rings (SSSR count). The minimum Gasteiger partial charge on any atom is -0.456 e. The number of nitrogens with zero attached hydrogens (tertiary/aromatic N) is 1. The van der Waals surface area contributed by atoms with E-state index in [4.69, 9.17) is 4.42 Å². The minimum absolute atomic E-state index is 0.482. The van der Waals surface area contributed by atoms with Gasteiger partial charge in [0.15, 0.2) is 0 Å². The summed E-state index contributed by atoms with van der Waals surface area (Å²) in [6.45, 7) is 4.37. The molecule has 0 fully saturated rings. The number of hydrogen-bond acceptors (Lipinski definition) is 1. The molecule has 2 aliphatic rings. The number of furan rings is 1. The molecule has 10 aromatic carbocycles. The molecule has 2 heterocycles. The van der Waals surface area contributed by atoms with Crippen LogP contribution in [0.4, 0.5) is 0 Å². The van der Waals surface area contributed by atoms with Crippen molar-refractivity contribution in [3.05, 3.63) is 280 Å². The molecule has 2 aliphatic carbocycles. The molecule has 0 saturated carbocycles. The highest BCUT2D eigenvalue weighted by Crippen LogP contribution is 2.67. The van der Waals surface area contributed by atoms with E-state index in [2.05, 4.69) is 231 Å². The Morgan fingerprint density at radius 2 is 0.742 bits per heavy atom. The monoisotopic (exact) mass is 841 g/mol. The lowest BCUT2D eigenvalue weighted by Crippen LogP contribution is -2.33. The molecule has 0 unspecified atom stereocenters. The lowest BCUT2D eigenvalue weighted by Gasteiger charge is -2.39. The summed E-state index contributed by atoms with van der Waals surface area (Å²) in [7, 11) is 0. The Bertz CT molecular complexity index is 3770. The fourth-order valence-electron chi connectivity index (χ4n) is 12.2. The third-order valence-corrected chi connectivity index (χ3v) is 15.1. The first-order valence-electron chi connectivity index (χ1n) is 23.1. The number of rotatable bonds is 6. The van der Waals surface area contributed by atoms with Gasteiger partial charge in [-0.05, 0) is 123 Å². The summed E-state index contributed by atoms with van der Waals surface area (Å²) in [4.78, 5) is 0. The molecule has 0 amide bonds. The Labute approximate surface area is 383 Å². The molecule has 0 bridgehead atoms. The second-order valence-corrected chi connectivity index (χ2v) is 18.5. The lowest BCUT2D eigenvalue weighted by atomic mass is 9.62. The zero-order valence-corrected chi connectivity index (χ0v) is 36.7. The van der Waals surface area contributed by atoms with Gasteiger partial charge in [-0.25, -0.2) is 0 Å². The molecule has 0 N–H and O–H groups in total. The van der Waals surface area contributed by atoms with Gasteiger partial charge < -0.3 is 8.98 Å². The first-order valence-corrected chi connectivity index (χ1v) is 23.1. The van der Waals surface area contributed by atoms with E-state index in [1.54, 1.807) is 0 Å². The topological polar surface area (TPSA) is 18.1 Å². The molecule has 0 aliphatic heterocycles. The van der Waals surface area contributed by atoms with Crippen LogP contribution in [0.5, 0.6) is 0 Å². The maximum absolute atomic E-state index is 6.23. The summed E-state index contributed by atoms with van der Waals surface area (Å²) in [5.74, 6) is 0. The van der Waals surface area contributed by atoms with Gasteiger partial charge in [0.2, 0.25) is 0 Å². The van der Waals surface area contributed by atoms with Crippen molar-refractivity contribution in [2.75, 3.05) is 0 Å². The van der Waals surface area contributed by atoms with Crippen molar-refractivity contribution in [2.24, 2.45) is 0 Å². The highest BCUT2D eigenvalue weighted by Gasteiger charge is 2.56. The van der Waals surface area contributed by atoms with Crippen LogP contribution >= 0.6 is 0 Å². The third kappa shape index (κ3) is 4.85. The van der Waals surface area contributed by atoms with Crippen LogP contribution in [0.1, 0.15) is 55.6 Å². The smallest absolute Gasteiger partial charge is 0.135 e. The average molecular weight is 842 g/mol. The van der Waals surface area contributed by atoms with Crippen LogP contribution in [-0.2, 0) is 10.8 Å². The Balaban J connectivity index is 1.01. The molecule has 310 valence electrons. The minimum atomic E-state index is -0.591. The second-order valence-electron chi connectivity index (χ2n) is 18.5. The summed E-state index contributed by atoms with van der Waals surface area (Å²) >= 11 is 0. The van der Waals surface area contributed by atoms with Crippen LogP contribution in [-0.4, -0.2) is 4.57 Å². The van der Waals surface area contributed by atoms with Crippen molar-refractivity contribution in [3.8, 4) is 27.9 Å². The van der Waals surface area contributed by atoms with E-state index in [0.717, 1.165) is 27.6 Å². The Morgan fingerprint density at radius 1 is 0.333 bits per heavy atom. The van der Waals surface area contributed by atoms with E-state index >= 15 is 0 Å². The van der Waals surface area contributed by atoms with Crippen LogP contribution in [0.2, 0.25) is 0 Å². The zero-order valence-electron chi connectivity index (χ0n) is 36.7.